The van der Waals surface area contributed by atoms with Crippen LogP contribution in [0.4, 0.5) is 10.5 Å². The lowest BCUT2D eigenvalue weighted by Crippen LogP contribution is -2.57. The summed E-state index contributed by atoms with van der Waals surface area (Å²) in [7, 11) is 0. The molecule has 5 heterocycles. The van der Waals surface area contributed by atoms with Crippen molar-refractivity contribution in [2.45, 2.75) is 111 Å². The van der Waals surface area contributed by atoms with E-state index < -0.39 is 65.4 Å². The average molecular weight is 1310 g/mol. The number of carbonyl (C=O) groups excluding carboxylic acids is 6. The van der Waals surface area contributed by atoms with Gasteiger partial charge in [-0.3, -0.25) is 24.0 Å². The number of fused-ring (bicyclic) bond motifs is 8. The van der Waals surface area contributed by atoms with Crippen LogP contribution >= 0.6 is 0 Å². The third-order valence-electron chi connectivity index (χ3n) is 17.3. The number of aromatic amines is 2. The van der Waals surface area contributed by atoms with E-state index >= 15 is 0 Å². The summed E-state index contributed by atoms with van der Waals surface area (Å²) in [6.45, 7) is 14.3. The zero-order valence-corrected chi connectivity index (χ0v) is 56.5. The van der Waals surface area contributed by atoms with Crippen molar-refractivity contribution in [1.29, 1.82) is 0 Å². The molecule has 9 aromatic rings. The molecule has 5 amide bonds. The number of alkyl carbamates (subject to hydrolysis) is 1. The van der Waals surface area contributed by atoms with Gasteiger partial charge >= 0.3 is 6.09 Å². The first-order chi connectivity index (χ1) is 47.2. The molecule has 0 saturated heterocycles. The molecule has 11 rings (SSSR count). The molecule has 5 atom stereocenters. The molecule has 7 N–H and O–H groups in total. The molecule has 0 spiro atoms. The van der Waals surface area contributed by atoms with E-state index in [1.807, 2.05) is 179 Å². The second kappa shape index (κ2) is 30.6. The van der Waals surface area contributed by atoms with E-state index in [2.05, 4.69) is 109 Å². The maximum Gasteiger partial charge on any atom is 0.408 e. The Bertz CT molecular complexity index is 4560. The Hall–Kier alpha value is -11.3. The molecule has 0 radical (unpaired) electrons. The number of benzene rings is 6. The van der Waals surface area contributed by atoms with Gasteiger partial charge in [-0.05, 0) is 140 Å². The molecule has 2 aliphatic rings. The molecule has 6 aromatic carbocycles. The van der Waals surface area contributed by atoms with Crippen LogP contribution in [0.3, 0.4) is 0 Å². The van der Waals surface area contributed by atoms with E-state index in [9.17, 15) is 28.8 Å². The Morgan fingerprint density at radius 1 is 0.418 bits per heavy atom. The molecular weight excluding hydrogens is 1220 g/mol. The van der Waals surface area contributed by atoms with Crippen molar-refractivity contribution < 1.29 is 33.5 Å². The van der Waals surface area contributed by atoms with Gasteiger partial charge in [-0.2, -0.15) is 0 Å². The lowest BCUT2D eigenvalue weighted by molar-refractivity contribution is -0.135. The summed E-state index contributed by atoms with van der Waals surface area (Å²) in [6, 6.07) is 60.5. The first-order valence-electron chi connectivity index (χ1n) is 33.5. The number of Topliss-reactive ketones (excluding diaryl/α,β-unsaturated/α-hetero) is 1. The molecule has 498 valence electrons. The van der Waals surface area contributed by atoms with Gasteiger partial charge in [0.15, 0.2) is 5.78 Å². The van der Waals surface area contributed by atoms with E-state index in [1.165, 1.54) is 0 Å². The highest BCUT2D eigenvalue weighted by Gasteiger charge is 2.35. The molecule has 0 fully saturated rings. The minimum absolute atomic E-state index is 0.0275. The van der Waals surface area contributed by atoms with Crippen LogP contribution in [0.5, 0.6) is 0 Å². The largest absolute Gasteiger partial charge is 0.444 e. The Morgan fingerprint density at radius 3 is 1.16 bits per heavy atom. The van der Waals surface area contributed by atoms with Crippen LogP contribution in [0.2, 0.25) is 0 Å². The minimum atomic E-state index is -1.20. The summed E-state index contributed by atoms with van der Waals surface area (Å²) in [5, 5.41) is 14.5. The fourth-order valence-corrected chi connectivity index (χ4v) is 12.4. The van der Waals surface area contributed by atoms with Crippen molar-refractivity contribution in [1.82, 2.24) is 41.2 Å². The summed E-state index contributed by atoms with van der Waals surface area (Å²) in [5.74, 6) is -3.88. The van der Waals surface area contributed by atoms with Crippen LogP contribution in [0, 0.1) is 17.8 Å². The first-order valence-corrected chi connectivity index (χ1v) is 33.5. The third-order valence-corrected chi connectivity index (χ3v) is 17.3. The van der Waals surface area contributed by atoms with Gasteiger partial charge in [0.05, 0.1) is 28.8 Å². The number of anilines is 1. The standard InChI is InChI=1S/C82H83N9O7/c1-50(2)46-69(91-81(97)98-82(6,7)8)72(92)49-60(51(3)4)78(94)89-71(48-54-26-16-10-17-27-54)80(96)90-70(47-53-24-14-9-15-25-53)79(95)83-52(5)77(93)84-59-36-34-58(35-37-59)76-67-44-42-65(87-67)74(56-30-20-12-21-31-56)63-40-38-61(85-63)73(55-28-18-11-19-29-55)62-39-41-64(86-62)75(57-32-22-13-23-33-57)66-43-45-68(76)88-66/h9-45,50-52,60,69-71,85,88H,46-49H2,1-8H3,(H,83,95)(H,84,93)(H,89,94)(H,90,96)(H,91,97)/t52-,60-,69-,70-,71-/m0/s1. The molecular formula is C82H83N9O7. The zero-order chi connectivity index (χ0) is 69.0. The van der Waals surface area contributed by atoms with Crippen molar-refractivity contribution in [3.8, 4) is 44.5 Å². The van der Waals surface area contributed by atoms with Gasteiger partial charge in [-0.1, -0.05) is 191 Å². The zero-order valence-electron chi connectivity index (χ0n) is 56.5. The van der Waals surface area contributed by atoms with E-state index in [1.54, 1.807) is 27.7 Å². The number of hydrogen-bond acceptors (Lipinski definition) is 9. The predicted octanol–water partition coefficient (Wildman–Crippen LogP) is 15.4. The van der Waals surface area contributed by atoms with Gasteiger partial charge in [0.2, 0.25) is 23.6 Å². The normalized spacial score (nSPS) is 13.4. The predicted molar refractivity (Wildman–Crippen MR) is 392 cm³/mol. The number of nitrogens with zero attached hydrogens (tertiary/aromatic N) is 2. The van der Waals surface area contributed by atoms with Gasteiger partial charge in [0.25, 0.3) is 0 Å². The Kier molecular flexibility index (Phi) is 21.3. The lowest BCUT2D eigenvalue weighted by Gasteiger charge is -2.28. The highest BCUT2D eigenvalue weighted by atomic mass is 16.6. The van der Waals surface area contributed by atoms with Crippen LogP contribution < -0.4 is 26.6 Å². The van der Waals surface area contributed by atoms with Gasteiger partial charge in [0.1, 0.15) is 23.7 Å². The van der Waals surface area contributed by atoms with Gasteiger partial charge in [0, 0.05) is 75.2 Å². The molecule has 16 heteroatoms. The monoisotopic (exact) mass is 1310 g/mol. The maximum atomic E-state index is 14.8. The lowest BCUT2D eigenvalue weighted by atomic mass is 9.86. The second-order valence-corrected chi connectivity index (χ2v) is 26.7. The third kappa shape index (κ3) is 16.9. The Morgan fingerprint density at radius 2 is 0.786 bits per heavy atom. The van der Waals surface area contributed by atoms with Crippen molar-refractivity contribution in [2.75, 3.05) is 5.32 Å². The van der Waals surface area contributed by atoms with Crippen LogP contribution in [-0.2, 0) is 41.6 Å². The number of amides is 5. The first kappa shape index (κ1) is 68.1. The molecule has 2 aliphatic heterocycles. The maximum absolute atomic E-state index is 14.8. The smallest absolute Gasteiger partial charge is 0.408 e. The average Bonchev–Trinajstić information content (AvgIpc) is 1.61. The fraction of sp³-hybridized carbons (Fsp3) is 0.244. The van der Waals surface area contributed by atoms with Crippen LogP contribution in [0.1, 0.15) is 102 Å². The van der Waals surface area contributed by atoms with Crippen molar-refractivity contribution in [2.24, 2.45) is 17.8 Å². The number of rotatable bonds is 23. The van der Waals surface area contributed by atoms with Crippen LogP contribution in [0.25, 0.3) is 90.9 Å². The minimum Gasteiger partial charge on any atom is -0.444 e. The van der Waals surface area contributed by atoms with Crippen LogP contribution in [0.15, 0.2) is 200 Å². The quantitative estimate of drug-likeness (QED) is 0.0323. The van der Waals surface area contributed by atoms with E-state index in [0.29, 0.717) is 17.8 Å². The second-order valence-electron chi connectivity index (χ2n) is 26.7. The number of ketones is 1. The number of nitrogens with one attached hydrogen (secondary N) is 7. The molecule has 16 nitrogen and oxygen atoms in total. The van der Waals surface area contributed by atoms with E-state index in [-0.39, 0.29) is 36.9 Å². The summed E-state index contributed by atoms with van der Waals surface area (Å²) >= 11 is 0. The van der Waals surface area contributed by atoms with Crippen LogP contribution in [-0.4, -0.2) is 85.2 Å². The highest BCUT2D eigenvalue weighted by Crippen LogP contribution is 2.39. The summed E-state index contributed by atoms with van der Waals surface area (Å²) in [6.07, 6.45) is 7.71. The van der Waals surface area contributed by atoms with Crippen molar-refractivity contribution in [3.05, 3.63) is 234 Å². The van der Waals surface area contributed by atoms with Crippen molar-refractivity contribution in [3.63, 3.8) is 0 Å². The van der Waals surface area contributed by atoms with E-state index in [4.69, 9.17) is 14.7 Å². The highest BCUT2D eigenvalue weighted by molar-refractivity contribution is 6.02. The molecule has 98 heavy (non-hydrogen) atoms. The topological polar surface area (TPSA) is 229 Å². The molecule has 0 saturated carbocycles. The number of hydrogen-bond donors (Lipinski definition) is 7. The Labute approximate surface area is 571 Å². The Balaban J connectivity index is 0.874. The SMILES string of the molecule is CC(C)C[C@H](NC(=O)OC(C)(C)C)C(=O)C[C@H](C(=O)N[C@@H](Cc1ccccc1)C(=O)N[C@@H](Cc1ccccc1)C(=O)N[C@@H](C)C(=O)Nc1ccc(-c2c3nc(c(-c4ccccc4)c4ccc([nH]4)c(-c4ccccc4)c4nc(c(-c5ccccc5)c5ccc2[nH]5)C=C4)C=C3)cc1)C(C)C. The van der Waals surface area contributed by atoms with Gasteiger partial charge in [-0.15, -0.1) is 0 Å². The molecule has 0 aliphatic carbocycles. The molecule has 3 aromatic heterocycles. The van der Waals surface area contributed by atoms with Gasteiger partial charge < -0.3 is 41.3 Å². The summed E-state index contributed by atoms with van der Waals surface area (Å²) in [4.78, 5) is 104. The number of ether oxygens (including phenoxy) is 1. The fourth-order valence-electron chi connectivity index (χ4n) is 12.4. The summed E-state index contributed by atoms with van der Waals surface area (Å²) in [5.41, 5.74) is 15.0. The van der Waals surface area contributed by atoms with Crippen molar-refractivity contribution >= 4 is 87.6 Å². The van der Waals surface area contributed by atoms with E-state index in [0.717, 1.165) is 94.8 Å². The molecule has 8 bridgehead atoms. The number of aromatic nitrogens is 4. The number of carbonyl (C=O) groups is 6. The summed E-state index contributed by atoms with van der Waals surface area (Å²) < 4.78 is 5.49. The number of H-pyrrole nitrogens is 2. The molecule has 0 unspecified atom stereocenters. The van der Waals surface area contributed by atoms with Gasteiger partial charge in [-0.25, -0.2) is 14.8 Å².